The van der Waals surface area contributed by atoms with Gasteiger partial charge in [-0.15, -0.1) is 0 Å². The van der Waals surface area contributed by atoms with E-state index in [4.69, 9.17) is 0 Å². The standard InChI is InChI=1S/C23H22F6N2O6/c1-3-36-17(32)20(22(24,25)26,14-8-6-5-7-9-14)31-19(34)30-16-12-10-15(11-13-16)21(35,23(27,28)29)18(33)37-4-2/h5-13,35H,3-4H2,1-2H3,(H2,30,31,34)/t20-,21-/m1/s1. The van der Waals surface area contributed by atoms with Crippen molar-refractivity contribution in [1.29, 1.82) is 0 Å². The molecule has 2 aromatic carbocycles. The summed E-state index contributed by atoms with van der Waals surface area (Å²) in [5.74, 6) is -3.81. The number of carbonyl (C=O) groups is 3. The molecule has 37 heavy (non-hydrogen) atoms. The largest absolute Gasteiger partial charge is 0.464 e. The van der Waals surface area contributed by atoms with Gasteiger partial charge in [-0.1, -0.05) is 42.5 Å². The second-order valence-electron chi connectivity index (χ2n) is 7.42. The lowest BCUT2D eigenvalue weighted by molar-refractivity contribution is -0.267. The fourth-order valence-corrected chi connectivity index (χ4v) is 3.28. The summed E-state index contributed by atoms with van der Waals surface area (Å²) in [4.78, 5) is 36.9. The van der Waals surface area contributed by atoms with Crippen molar-refractivity contribution in [3.63, 3.8) is 0 Å². The molecule has 0 bridgehead atoms. The number of esters is 2. The lowest BCUT2D eigenvalue weighted by Crippen LogP contribution is -2.62. The van der Waals surface area contributed by atoms with Crippen LogP contribution in [-0.2, 0) is 30.2 Å². The van der Waals surface area contributed by atoms with E-state index >= 15 is 0 Å². The summed E-state index contributed by atoms with van der Waals surface area (Å²) in [6, 6.07) is 6.99. The normalized spacial score (nSPS) is 15.1. The minimum absolute atomic E-state index is 0.331. The van der Waals surface area contributed by atoms with E-state index in [1.54, 1.807) is 5.32 Å². The molecule has 0 aliphatic carbocycles. The van der Waals surface area contributed by atoms with Crippen LogP contribution in [0.3, 0.4) is 0 Å². The molecule has 0 aliphatic heterocycles. The van der Waals surface area contributed by atoms with E-state index in [1.807, 2.05) is 5.32 Å². The summed E-state index contributed by atoms with van der Waals surface area (Å²) in [5.41, 5.74) is -9.61. The number of hydrogen-bond acceptors (Lipinski definition) is 6. The zero-order chi connectivity index (χ0) is 28.1. The van der Waals surface area contributed by atoms with Gasteiger partial charge in [-0.05, 0) is 31.5 Å². The molecule has 0 radical (unpaired) electrons. The van der Waals surface area contributed by atoms with Gasteiger partial charge in [0.15, 0.2) is 0 Å². The SMILES string of the molecule is CCOC(=O)[C@](O)(c1ccc(NC(=O)N[C@@](C(=O)OCC)(c2ccccc2)C(F)(F)F)cc1)C(F)(F)F. The van der Waals surface area contributed by atoms with Crippen molar-refractivity contribution in [2.45, 2.75) is 37.3 Å². The van der Waals surface area contributed by atoms with Crippen LogP contribution in [-0.4, -0.2) is 48.6 Å². The number of hydrogen-bond donors (Lipinski definition) is 3. The van der Waals surface area contributed by atoms with Crippen molar-refractivity contribution in [2.75, 3.05) is 18.5 Å². The number of ether oxygens (including phenoxy) is 2. The lowest BCUT2D eigenvalue weighted by atomic mass is 9.89. The number of amides is 2. The van der Waals surface area contributed by atoms with Crippen molar-refractivity contribution in [3.8, 4) is 0 Å². The van der Waals surface area contributed by atoms with Crippen molar-refractivity contribution in [2.24, 2.45) is 0 Å². The molecule has 202 valence electrons. The first-order valence-electron chi connectivity index (χ1n) is 10.6. The van der Waals surface area contributed by atoms with Crippen molar-refractivity contribution in [1.82, 2.24) is 5.32 Å². The van der Waals surface area contributed by atoms with Gasteiger partial charge >= 0.3 is 30.3 Å². The first-order chi connectivity index (χ1) is 17.1. The number of aliphatic hydroxyl groups is 1. The fourth-order valence-electron chi connectivity index (χ4n) is 3.28. The van der Waals surface area contributed by atoms with Crippen LogP contribution in [0.5, 0.6) is 0 Å². The number of anilines is 1. The maximum absolute atomic E-state index is 14.2. The Morgan fingerprint density at radius 1 is 0.757 bits per heavy atom. The minimum Gasteiger partial charge on any atom is -0.464 e. The Kier molecular flexibility index (Phi) is 8.80. The molecule has 0 fully saturated rings. The van der Waals surface area contributed by atoms with Gasteiger partial charge in [0.25, 0.3) is 11.1 Å². The topological polar surface area (TPSA) is 114 Å². The molecule has 0 saturated carbocycles. The van der Waals surface area contributed by atoms with E-state index in [-0.39, 0.29) is 5.69 Å². The molecule has 0 aliphatic rings. The summed E-state index contributed by atoms with van der Waals surface area (Å²) in [7, 11) is 0. The Balaban J connectivity index is 2.41. The van der Waals surface area contributed by atoms with E-state index in [1.165, 1.54) is 32.0 Å². The molecule has 0 heterocycles. The highest BCUT2D eigenvalue weighted by Crippen LogP contribution is 2.41. The molecule has 2 rings (SSSR count). The lowest BCUT2D eigenvalue weighted by Gasteiger charge is -2.34. The Bertz CT molecular complexity index is 1110. The highest BCUT2D eigenvalue weighted by atomic mass is 19.4. The van der Waals surface area contributed by atoms with Crippen LogP contribution in [0, 0.1) is 0 Å². The van der Waals surface area contributed by atoms with Gasteiger partial charge in [0.05, 0.1) is 13.2 Å². The monoisotopic (exact) mass is 536 g/mol. The first-order valence-corrected chi connectivity index (χ1v) is 10.6. The molecule has 3 N–H and O–H groups in total. The van der Waals surface area contributed by atoms with Gasteiger partial charge < -0.3 is 25.2 Å². The van der Waals surface area contributed by atoms with Crippen LogP contribution in [0.15, 0.2) is 54.6 Å². The molecule has 14 heteroatoms. The number of benzene rings is 2. The Hall–Kier alpha value is -3.81. The second-order valence-corrected chi connectivity index (χ2v) is 7.42. The van der Waals surface area contributed by atoms with Crippen molar-refractivity contribution in [3.05, 3.63) is 65.7 Å². The van der Waals surface area contributed by atoms with Crippen molar-refractivity contribution >= 4 is 23.7 Å². The van der Waals surface area contributed by atoms with Gasteiger partial charge in [-0.3, -0.25) is 0 Å². The van der Waals surface area contributed by atoms with E-state index in [9.17, 15) is 45.8 Å². The molecule has 8 nitrogen and oxygen atoms in total. The highest BCUT2D eigenvalue weighted by molar-refractivity contribution is 5.95. The van der Waals surface area contributed by atoms with Crippen LogP contribution in [0.25, 0.3) is 0 Å². The van der Waals surface area contributed by atoms with Crippen LogP contribution < -0.4 is 10.6 Å². The Morgan fingerprint density at radius 3 is 1.73 bits per heavy atom. The third kappa shape index (κ3) is 5.79. The summed E-state index contributed by atoms with van der Waals surface area (Å²) in [6.45, 7) is 1.60. The zero-order valence-corrected chi connectivity index (χ0v) is 19.4. The van der Waals surface area contributed by atoms with Gasteiger partial charge in [0, 0.05) is 11.3 Å². The van der Waals surface area contributed by atoms with Crippen LogP contribution in [0.1, 0.15) is 25.0 Å². The molecule has 0 unspecified atom stereocenters. The zero-order valence-electron chi connectivity index (χ0n) is 19.4. The molecule has 0 saturated heterocycles. The predicted octanol–water partition coefficient (Wildman–Crippen LogP) is 4.14. The quantitative estimate of drug-likeness (QED) is 0.345. The summed E-state index contributed by atoms with van der Waals surface area (Å²) >= 11 is 0. The third-order valence-electron chi connectivity index (χ3n) is 5.06. The van der Waals surface area contributed by atoms with Gasteiger partial charge in [-0.2, -0.15) is 26.3 Å². The van der Waals surface area contributed by atoms with Crippen LogP contribution >= 0.6 is 0 Å². The maximum atomic E-state index is 14.2. The fraction of sp³-hybridized carbons (Fsp3) is 0.348. The van der Waals surface area contributed by atoms with E-state index < -0.39 is 65.8 Å². The molecule has 2 aromatic rings. The van der Waals surface area contributed by atoms with Gasteiger partial charge in [-0.25, -0.2) is 14.4 Å². The molecule has 0 spiro atoms. The minimum atomic E-state index is -5.48. The predicted molar refractivity (Wildman–Crippen MR) is 116 cm³/mol. The molecular weight excluding hydrogens is 514 g/mol. The van der Waals surface area contributed by atoms with Crippen molar-refractivity contribution < 1.29 is 55.3 Å². The molecule has 0 aromatic heterocycles. The number of nitrogens with one attached hydrogen (secondary N) is 2. The van der Waals surface area contributed by atoms with E-state index in [0.29, 0.717) is 12.1 Å². The summed E-state index contributed by atoms with van der Waals surface area (Å²) in [6.07, 6.45) is -10.8. The average Bonchev–Trinajstić information content (AvgIpc) is 2.81. The maximum Gasteiger partial charge on any atom is 0.432 e. The number of carbonyl (C=O) groups excluding carboxylic acids is 3. The van der Waals surface area contributed by atoms with Gasteiger partial charge in [0.2, 0.25) is 0 Å². The van der Waals surface area contributed by atoms with E-state index in [0.717, 1.165) is 24.3 Å². The van der Waals surface area contributed by atoms with E-state index in [2.05, 4.69) is 9.47 Å². The highest BCUT2D eigenvalue weighted by Gasteiger charge is 2.64. The smallest absolute Gasteiger partial charge is 0.432 e. The van der Waals surface area contributed by atoms with Crippen LogP contribution in [0.4, 0.5) is 36.8 Å². The average molecular weight is 536 g/mol. The number of halogens is 6. The van der Waals surface area contributed by atoms with Crippen LogP contribution in [0.2, 0.25) is 0 Å². The molecular formula is C23H22F6N2O6. The summed E-state index contributed by atoms with van der Waals surface area (Å²) < 4.78 is 92.1. The first kappa shape index (κ1) is 29.4. The second kappa shape index (κ2) is 11.1. The Morgan fingerprint density at radius 2 is 1.27 bits per heavy atom. The molecule has 2 atom stereocenters. The Labute approximate surface area is 206 Å². The number of rotatable bonds is 8. The molecule has 2 amide bonds. The number of alkyl halides is 6. The number of urea groups is 1. The summed E-state index contributed by atoms with van der Waals surface area (Å²) in [5, 5.41) is 13.6. The van der Waals surface area contributed by atoms with Gasteiger partial charge in [0.1, 0.15) is 0 Å². The third-order valence-corrected chi connectivity index (χ3v) is 5.06.